The van der Waals surface area contributed by atoms with Crippen LogP contribution in [0.5, 0.6) is 0 Å². The van der Waals surface area contributed by atoms with Crippen LogP contribution in [0.25, 0.3) is 0 Å². The van der Waals surface area contributed by atoms with Crippen molar-refractivity contribution in [3.05, 3.63) is 36.5 Å². The van der Waals surface area contributed by atoms with Crippen molar-refractivity contribution in [2.75, 3.05) is 13.2 Å². The van der Waals surface area contributed by atoms with Gasteiger partial charge in [-0.2, -0.15) is 0 Å². The smallest absolute Gasteiger partial charge is 0.306 e. The van der Waals surface area contributed by atoms with E-state index in [-0.39, 0.29) is 31.1 Å². The Bertz CT molecular complexity index is 1220. The maximum Gasteiger partial charge on any atom is 0.306 e. The molecule has 0 bridgehead atoms. The number of carbonyl (C=O) groups is 3. The van der Waals surface area contributed by atoms with E-state index in [0.29, 0.717) is 19.3 Å². The summed E-state index contributed by atoms with van der Waals surface area (Å²) in [6.07, 6.45) is 75.8. The standard InChI is InChI=1S/C67H124O6/c1-4-7-10-13-16-19-22-25-27-29-31-32-33-34-36-37-39-42-45-48-51-54-57-60-66(69)72-63-64(62-71-65(68)59-56-53-50-47-44-41-24-21-18-15-12-9-6-3)73-67(70)61-58-55-52-49-46-43-40-38-35-30-28-26-23-20-17-14-11-8-5-2/h22,25-26,28-29,31,64H,4-21,23-24,27,30,32-63H2,1-3H3/b25-22-,28-26-,31-29-. The van der Waals surface area contributed by atoms with Gasteiger partial charge in [0.05, 0.1) is 0 Å². The van der Waals surface area contributed by atoms with Crippen molar-refractivity contribution in [2.24, 2.45) is 0 Å². The second kappa shape index (κ2) is 62.2. The molecule has 0 spiro atoms. The Labute approximate surface area is 455 Å². The first-order chi connectivity index (χ1) is 36.0. The van der Waals surface area contributed by atoms with E-state index in [1.165, 1.54) is 250 Å². The fourth-order valence-electron chi connectivity index (χ4n) is 9.71. The lowest BCUT2D eigenvalue weighted by atomic mass is 10.0. The van der Waals surface area contributed by atoms with Crippen molar-refractivity contribution in [3.63, 3.8) is 0 Å². The summed E-state index contributed by atoms with van der Waals surface area (Å²) in [5.74, 6) is -0.849. The summed E-state index contributed by atoms with van der Waals surface area (Å²) < 4.78 is 16.9. The summed E-state index contributed by atoms with van der Waals surface area (Å²) in [5.41, 5.74) is 0. The topological polar surface area (TPSA) is 78.9 Å². The fourth-order valence-corrected chi connectivity index (χ4v) is 9.71. The number of rotatable bonds is 60. The number of unbranched alkanes of at least 4 members (excludes halogenated alkanes) is 43. The van der Waals surface area contributed by atoms with E-state index in [4.69, 9.17) is 14.2 Å². The number of ether oxygens (including phenoxy) is 3. The third-order valence-electron chi connectivity index (χ3n) is 14.6. The van der Waals surface area contributed by atoms with Crippen LogP contribution in [0.4, 0.5) is 0 Å². The van der Waals surface area contributed by atoms with Gasteiger partial charge < -0.3 is 14.2 Å². The Hall–Kier alpha value is -2.37. The minimum absolute atomic E-state index is 0.0689. The van der Waals surface area contributed by atoms with Crippen LogP contribution in [0, 0.1) is 0 Å². The van der Waals surface area contributed by atoms with Gasteiger partial charge in [-0.1, -0.05) is 295 Å². The molecule has 0 aliphatic carbocycles. The minimum atomic E-state index is -0.772. The summed E-state index contributed by atoms with van der Waals surface area (Å²) in [6.45, 7) is 6.68. The number of hydrogen-bond donors (Lipinski definition) is 0. The van der Waals surface area contributed by atoms with E-state index in [1.807, 2.05) is 0 Å². The zero-order valence-electron chi connectivity index (χ0n) is 49.2. The molecule has 0 amide bonds. The lowest BCUT2D eigenvalue weighted by Crippen LogP contribution is -2.30. The molecule has 6 nitrogen and oxygen atoms in total. The molecular formula is C67H124O6. The molecule has 0 radical (unpaired) electrons. The monoisotopic (exact) mass is 1020 g/mol. The maximum absolute atomic E-state index is 12.9. The summed E-state index contributed by atoms with van der Waals surface area (Å²) in [4.78, 5) is 38.3. The van der Waals surface area contributed by atoms with Crippen molar-refractivity contribution < 1.29 is 28.6 Å². The highest BCUT2D eigenvalue weighted by molar-refractivity contribution is 5.71. The van der Waals surface area contributed by atoms with E-state index in [9.17, 15) is 14.4 Å². The van der Waals surface area contributed by atoms with Gasteiger partial charge >= 0.3 is 17.9 Å². The van der Waals surface area contributed by atoms with Crippen LogP contribution in [-0.2, 0) is 28.6 Å². The molecule has 0 rings (SSSR count). The molecule has 0 aliphatic heterocycles. The molecule has 0 aromatic rings. The lowest BCUT2D eigenvalue weighted by molar-refractivity contribution is -0.167. The van der Waals surface area contributed by atoms with Crippen LogP contribution in [0.1, 0.15) is 355 Å². The maximum atomic E-state index is 12.9. The Morgan fingerprint density at radius 2 is 0.493 bits per heavy atom. The predicted octanol–water partition coefficient (Wildman–Crippen LogP) is 22.0. The van der Waals surface area contributed by atoms with E-state index < -0.39 is 6.10 Å². The van der Waals surface area contributed by atoms with E-state index in [1.54, 1.807) is 0 Å². The van der Waals surface area contributed by atoms with Gasteiger partial charge in [0.1, 0.15) is 13.2 Å². The van der Waals surface area contributed by atoms with Crippen molar-refractivity contribution in [1.82, 2.24) is 0 Å². The highest BCUT2D eigenvalue weighted by atomic mass is 16.6. The number of hydrogen-bond acceptors (Lipinski definition) is 6. The second-order valence-corrected chi connectivity index (χ2v) is 22.0. The molecular weight excluding hydrogens is 901 g/mol. The highest BCUT2D eigenvalue weighted by Crippen LogP contribution is 2.17. The van der Waals surface area contributed by atoms with Gasteiger partial charge in [-0.05, 0) is 77.0 Å². The number of allylic oxidation sites excluding steroid dienone is 6. The highest BCUT2D eigenvalue weighted by Gasteiger charge is 2.19. The Morgan fingerprint density at radius 3 is 0.767 bits per heavy atom. The molecule has 73 heavy (non-hydrogen) atoms. The van der Waals surface area contributed by atoms with Gasteiger partial charge in [-0.3, -0.25) is 14.4 Å². The van der Waals surface area contributed by atoms with Crippen LogP contribution in [0.3, 0.4) is 0 Å². The zero-order valence-corrected chi connectivity index (χ0v) is 49.2. The molecule has 0 N–H and O–H groups in total. The molecule has 428 valence electrons. The normalized spacial score (nSPS) is 12.2. The van der Waals surface area contributed by atoms with Crippen LogP contribution >= 0.6 is 0 Å². The average molecular weight is 1030 g/mol. The molecule has 0 aromatic carbocycles. The number of carbonyl (C=O) groups excluding carboxylic acids is 3. The molecule has 0 saturated heterocycles. The summed E-state index contributed by atoms with van der Waals surface area (Å²) in [7, 11) is 0. The fraction of sp³-hybridized carbons (Fsp3) is 0.866. The quantitative estimate of drug-likeness (QED) is 0.0261. The molecule has 1 unspecified atom stereocenters. The van der Waals surface area contributed by atoms with Crippen LogP contribution < -0.4 is 0 Å². The van der Waals surface area contributed by atoms with Gasteiger partial charge in [0, 0.05) is 19.3 Å². The molecule has 0 aromatic heterocycles. The average Bonchev–Trinajstić information content (AvgIpc) is 3.39. The van der Waals surface area contributed by atoms with Crippen molar-refractivity contribution in [2.45, 2.75) is 361 Å². The van der Waals surface area contributed by atoms with E-state index in [2.05, 4.69) is 57.2 Å². The number of esters is 3. The SMILES string of the molecule is CCCCCCC/C=C\C/C=C\CCCCCCCCCCCCCC(=O)OCC(COC(=O)CCCCCCCCCCCCCCC)OC(=O)CCCCCCCCCCC/C=C\CCCCCCCC. The van der Waals surface area contributed by atoms with E-state index in [0.717, 1.165) is 64.2 Å². The van der Waals surface area contributed by atoms with Gasteiger partial charge in [-0.15, -0.1) is 0 Å². The van der Waals surface area contributed by atoms with Crippen LogP contribution in [0.15, 0.2) is 36.5 Å². The summed E-state index contributed by atoms with van der Waals surface area (Å²) in [6, 6.07) is 0. The third kappa shape index (κ3) is 60.4. The van der Waals surface area contributed by atoms with Crippen LogP contribution in [0.2, 0.25) is 0 Å². The second-order valence-electron chi connectivity index (χ2n) is 22.0. The van der Waals surface area contributed by atoms with E-state index >= 15 is 0 Å². The van der Waals surface area contributed by atoms with Crippen molar-refractivity contribution in [3.8, 4) is 0 Å². The molecule has 0 aliphatic rings. The first kappa shape index (κ1) is 70.6. The zero-order chi connectivity index (χ0) is 52.9. The predicted molar refractivity (Wildman–Crippen MR) is 316 cm³/mol. The summed E-state index contributed by atoms with van der Waals surface area (Å²) in [5, 5.41) is 0. The Kier molecular flexibility index (Phi) is 60.2. The van der Waals surface area contributed by atoms with Gasteiger partial charge in [0.2, 0.25) is 0 Å². The molecule has 0 fully saturated rings. The molecule has 1 atom stereocenters. The Morgan fingerprint density at radius 1 is 0.274 bits per heavy atom. The summed E-state index contributed by atoms with van der Waals surface area (Å²) >= 11 is 0. The van der Waals surface area contributed by atoms with Gasteiger partial charge in [-0.25, -0.2) is 0 Å². The third-order valence-corrected chi connectivity index (χ3v) is 14.6. The minimum Gasteiger partial charge on any atom is -0.462 e. The molecule has 6 heteroatoms. The Balaban J connectivity index is 4.28. The van der Waals surface area contributed by atoms with Gasteiger partial charge in [0.25, 0.3) is 0 Å². The van der Waals surface area contributed by atoms with Crippen molar-refractivity contribution in [1.29, 1.82) is 0 Å². The lowest BCUT2D eigenvalue weighted by Gasteiger charge is -2.18. The van der Waals surface area contributed by atoms with Gasteiger partial charge in [0.15, 0.2) is 6.10 Å². The molecule has 0 heterocycles. The van der Waals surface area contributed by atoms with Crippen molar-refractivity contribution >= 4 is 17.9 Å². The first-order valence-corrected chi connectivity index (χ1v) is 32.5. The molecule has 0 saturated carbocycles. The first-order valence-electron chi connectivity index (χ1n) is 32.5. The largest absolute Gasteiger partial charge is 0.462 e. The van der Waals surface area contributed by atoms with Crippen LogP contribution in [-0.4, -0.2) is 37.2 Å².